The average Bonchev–Trinajstić information content (AvgIpc) is 2.94. The quantitative estimate of drug-likeness (QED) is 0.0941. The summed E-state index contributed by atoms with van der Waals surface area (Å²) in [6, 6.07) is 0. The first-order valence-corrected chi connectivity index (χ1v) is 18.4. The Morgan fingerprint density at radius 3 is 0.667 bits per heavy atom. The van der Waals surface area contributed by atoms with Crippen molar-refractivity contribution in [3.63, 3.8) is 0 Å². The van der Waals surface area contributed by atoms with Crippen molar-refractivity contribution in [1.82, 2.24) is 0 Å². The van der Waals surface area contributed by atoms with Gasteiger partial charge in [0.05, 0.1) is 11.2 Å². The van der Waals surface area contributed by atoms with Crippen LogP contribution in [0.4, 0.5) is 0 Å². The summed E-state index contributed by atoms with van der Waals surface area (Å²) in [6.07, 6.45) is 31.5. The fourth-order valence-corrected chi connectivity index (χ4v) is 7.80. The molecule has 0 fully saturated rings. The number of hydrogen-bond donors (Lipinski definition) is 0. The van der Waals surface area contributed by atoms with E-state index in [4.69, 9.17) is 4.74 Å². The molecule has 39 heavy (non-hydrogen) atoms. The standard InChI is InChI=1S/C38H78O/c1-11-19-27-35(9,37(29-21-13-3,30-22-14-4)31-23-15-5)39-36(10,28-20-12-2)38(32-24-16-6,33-25-17-7)34-26-18-8/h11-34H2,1-10H3. The van der Waals surface area contributed by atoms with Gasteiger partial charge >= 0.3 is 0 Å². The van der Waals surface area contributed by atoms with Crippen molar-refractivity contribution >= 4 is 0 Å². The van der Waals surface area contributed by atoms with Crippen LogP contribution >= 0.6 is 0 Å². The Kier molecular flexibility index (Phi) is 21.6. The summed E-state index contributed by atoms with van der Waals surface area (Å²) in [7, 11) is 0. The Morgan fingerprint density at radius 2 is 0.487 bits per heavy atom. The zero-order chi connectivity index (χ0) is 29.7. The second-order valence-electron chi connectivity index (χ2n) is 14.0. The molecule has 0 aliphatic carbocycles. The van der Waals surface area contributed by atoms with Gasteiger partial charge in [-0.05, 0) is 76.0 Å². The van der Waals surface area contributed by atoms with Crippen LogP contribution < -0.4 is 0 Å². The highest BCUT2D eigenvalue weighted by atomic mass is 16.5. The van der Waals surface area contributed by atoms with Gasteiger partial charge in [-0.2, -0.15) is 0 Å². The van der Waals surface area contributed by atoms with Crippen LogP contribution in [0.2, 0.25) is 0 Å². The minimum Gasteiger partial charge on any atom is -0.368 e. The van der Waals surface area contributed by atoms with Crippen LogP contribution in [0, 0.1) is 10.8 Å². The molecule has 0 aromatic rings. The van der Waals surface area contributed by atoms with E-state index in [0.29, 0.717) is 10.8 Å². The zero-order valence-corrected chi connectivity index (χ0v) is 29.4. The van der Waals surface area contributed by atoms with Gasteiger partial charge in [0, 0.05) is 0 Å². The summed E-state index contributed by atoms with van der Waals surface area (Å²) < 4.78 is 8.14. The highest BCUT2D eigenvalue weighted by Gasteiger charge is 2.55. The summed E-state index contributed by atoms with van der Waals surface area (Å²) in [5.41, 5.74) is 0.481. The topological polar surface area (TPSA) is 9.23 Å². The first kappa shape index (κ1) is 39.0. The van der Waals surface area contributed by atoms with Gasteiger partial charge in [0.25, 0.3) is 0 Å². The Morgan fingerprint density at radius 1 is 0.308 bits per heavy atom. The zero-order valence-electron chi connectivity index (χ0n) is 29.4. The van der Waals surface area contributed by atoms with Crippen LogP contribution in [0.15, 0.2) is 0 Å². The SMILES string of the molecule is CCCCC(CCCC)(CCCC)C(C)(CCCC)OC(C)(CCCC)C(CCCC)(CCCC)CCCC. The molecule has 0 saturated carbocycles. The molecule has 1 nitrogen and oxygen atoms in total. The summed E-state index contributed by atoms with van der Waals surface area (Å²) in [5, 5.41) is 0. The minimum absolute atomic E-state index is 0.0547. The lowest BCUT2D eigenvalue weighted by Crippen LogP contribution is -2.58. The molecule has 0 bridgehead atoms. The number of rotatable bonds is 28. The monoisotopic (exact) mass is 551 g/mol. The normalized spacial score (nSPS) is 15.8. The van der Waals surface area contributed by atoms with Gasteiger partial charge in [0.1, 0.15) is 0 Å². The van der Waals surface area contributed by atoms with Crippen molar-refractivity contribution in [3.8, 4) is 0 Å². The molecule has 2 unspecified atom stereocenters. The number of hydrogen-bond acceptors (Lipinski definition) is 1. The molecule has 0 amide bonds. The van der Waals surface area contributed by atoms with Gasteiger partial charge in [0.15, 0.2) is 0 Å². The van der Waals surface area contributed by atoms with E-state index >= 15 is 0 Å². The van der Waals surface area contributed by atoms with Gasteiger partial charge in [-0.25, -0.2) is 0 Å². The molecule has 0 aromatic heterocycles. The van der Waals surface area contributed by atoms with Crippen LogP contribution in [0.25, 0.3) is 0 Å². The van der Waals surface area contributed by atoms with E-state index in [1.54, 1.807) is 0 Å². The van der Waals surface area contributed by atoms with E-state index in [0.717, 1.165) is 0 Å². The summed E-state index contributed by atoms with van der Waals surface area (Å²) >= 11 is 0. The van der Waals surface area contributed by atoms with Crippen LogP contribution in [-0.4, -0.2) is 11.2 Å². The lowest BCUT2D eigenvalue weighted by Gasteiger charge is -2.59. The summed E-state index contributed by atoms with van der Waals surface area (Å²) in [6.45, 7) is 24.4. The number of unbranched alkanes of at least 4 members (excludes halogenated alkanes) is 8. The Balaban J connectivity index is 7.14. The van der Waals surface area contributed by atoms with E-state index in [1.165, 1.54) is 154 Å². The molecule has 1 heteroatoms. The molecule has 0 aromatic carbocycles. The van der Waals surface area contributed by atoms with E-state index in [2.05, 4.69) is 69.2 Å². The van der Waals surface area contributed by atoms with Gasteiger partial charge < -0.3 is 4.74 Å². The summed E-state index contributed by atoms with van der Waals surface area (Å²) in [5.74, 6) is 0. The third-order valence-electron chi connectivity index (χ3n) is 10.8. The van der Waals surface area contributed by atoms with Gasteiger partial charge in [-0.15, -0.1) is 0 Å². The first-order chi connectivity index (χ1) is 18.7. The van der Waals surface area contributed by atoms with Gasteiger partial charge in [-0.3, -0.25) is 0 Å². The Bertz CT molecular complexity index is 461. The molecule has 0 saturated heterocycles. The second-order valence-corrected chi connectivity index (χ2v) is 14.0. The number of ether oxygens (including phenoxy) is 1. The van der Waals surface area contributed by atoms with Crippen LogP contribution in [0.5, 0.6) is 0 Å². The molecule has 0 aliphatic heterocycles. The molecule has 0 aliphatic rings. The second kappa shape index (κ2) is 21.6. The third-order valence-corrected chi connectivity index (χ3v) is 10.8. The van der Waals surface area contributed by atoms with E-state index < -0.39 is 0 Å². The van der Waals surface area contributed by atoms with Crippen LogP contribution in [-0.2, 0) is 4.74 Å². The predicted molar refractivity (Wildman–Crippen MR) is 179 cm³/mol. The van der Waals surface area contributed by atoms with Crippen LogP contribution in [0.3, 0.4) is 0 Å². The summed E-state index contributed by atoms with van der Waals surface area (Å²) in [4.78, 5) is 0. The highest BCUT2D eigenvalue weighted by molar-refractivity contribution is 5.04. The molecule has 2 atom stereocenters. The van der Waals surface area contributed by atoms with Crippen molar-refractivity contribution in [3.05, 3.63) is 0 Å². The smallest absolute Gasteiger partial charge is 0.0718 e. The molecular weight excluding hydrogens is 472 g/mol. The van der Waals surface area contributed by atoms with Gasteiger partial charge in [-0.1, -0.05) is 158 Å². The fourth-order valence-electron chi connectivity index (χ4n) is 7.80. The molecule has 0 spiro atoms. The molecule has 0 N–H and O–H groups in total. The minimum atomic E-state index is -0.0547. The van der Waals surface area contributed by atoms with Crippen molar-refractivity contribution in [2.75, 3.05) is 0 Å². The maximum atomic E-state index is 8.14. The largest absolute Gasteiger partial charge is 0.368 e. The van der Waals surface area contributed by atoms with Crippen molar-refractivity contribution in [2.24, 2.45) is 10.8 Å². The molecular formula is C38H78O. The van der Waals surface area contributed by atoms with E-state index in [9.17, 15) is 0 Å². The Labute approximate surface area is 249 Å². The molecule has 236 valence electrons. The Hall–Kier alpha value is -0.0400. The molecule has 0 rings (SSSR count). The lowest BCUT2D eigenvalue weighted by molar-refractivity contribution is -0.257. The fraction of sp³-hybridized carbons (Fsp3) is 1.00. The van der Waals surface area contributed by atoms with Crippen LogP contribution in [0.1, 0.15) is 223 Å². The lowest BCUT2D eigenvalue weighted by atomic mass is 9.59. The first-order valence-electron chi connectivity index (χ1n) is 18.4. The van der Waals surface area contributed by atoms with E-state index in [-0.39, 0.29) is 11.2 Å². The maximum absolute atomic E-state index is 8.14. The van der Waals surface area contributed by atoms with Crippen molar-refractivity contribution < 1.29 is 4.74 Å². The third kappa shape index (κ3) is 12.0. The molecule has 0 heterocycles. The van der Waals surface area contributed by atoms with Crippen molar-refractivity contribution in [2.45, 2.75) is 235 Å². The highest BCUT2D eigenvalue weighted by Crippen LogP contribution is 2.57. The predicted octanol–water partition coefficient (Wildman–Crippen LogP) is 14.0. The maximum Gasteiger partial charge on any atom is 0.0718 e. The average molecular weight is 551 g/mol. The van der Waals surface area contributed by atoms with E-state index in [1.807, 2.05) is 0 Å². The van der Waals surface area contributed by atoms with Gasteiger partial charge in [0.2, 0.25) is 0 Å². The molecule has 0 radical (unpaired) electrons. The van der Waals surface area contributed by atoms with Crippen molar-refractivity contribution in [1.29, 1.82) is 0 Å².